The van der Waals surface area contributed by atoms with Gasteiger partial charge in [0.1, 0.15) is 22.9 Å². The van der Waals surface area contributed by atoms with Gasteiger partial charge in [-0.25, -0.2) is 18.4 Å². The molecule has 20 heteroatoms. The van der Waals surface area contributed by atoms with E-state index < -0.39 is 33.6 Å². The van der Waals surface area contributed by atoms with Crippen LogP contribution in [-0.4, -0.2) is 121 Å². The number of nitrogens with zero attached hydrogens (tertiary/aromatic N) is 6. The van der Waals surface area contributed by atoms with E-state index in [0.717, 1.165) is 73.3 Å². The highest BCUT2D eigenvalue weighted by molar-refractivity contribution is 7.92. The van der Waals surface area contributed by atoms with Crippen molar-refractivity contribution in [3.63, 3.8) is 0 Å². The molecule has 2 aliphatic rings. The number of anilines is 5. The topological polar surface area (TPSA) is 211 Å². The number of rotatable bonds is 20. The number of thiazole rings is 1. The van der Waals surface area contributed by atoms with Crippen molar-refractivity contribution in [3.05, 3.63) is 100 Å². The van der Waals surface area contributed by atoms with Gasteiger partial charge in [0.25, 0.3) is 0 Å². The fraction of sp³-hybridized carbons (Fsp3) is 0.472. The van der Waals surface area contributed by atoms with Crippen molar-refractivity contribution in [2.75, 3.05) is 61.5 Å². The van der Waals surface area contributed by atoms with Gasteiger partial charge in [0.15, 0.2) is 5.82 Å². The number of hydrogen-bond acceptors (Lipinski definition) is 14. The summed E-state index contributed by atoms with van der Waals surface area (Å²) in [4.78, 5) is 59.6. The molecule has 4 heterocycles. The van der Waals surface area contributed by atoms with Gasteiger partial charge in [-0.15, -0.1) is 11.3 Å². The summed E-state index contributed by atoms with van der Waals surface area (Å²) in [6.07, 6.45) is 6.62. The van der Waals surface area contributed by atoms with Gasteiger partial charge in [-0.2, -0.15) is 4.98 Å². The summed E-state index contributed by atoms with van der Waals surface area (Å²) >= 11 is 8.06. The molecule has 3 amide bonds. The summed E-state index contributed by atoms with van der Waals surface area (Å²) < 4.78 is 31.6. The zero-order chi connectivity index (χ0) is 52.6. The minimum atomic E-state index is -3.52. The van der Waals surface area contributed by atoms with Gasteiger partial charge in [-0.3, -0.25) is 18.7 Å². The van der Waals surface area contributed by atoms with E-state index in [9.17, 15) is 27.9 Å². The van der Waals surface area contributed by atoms with Crippen molar-refractivity contribution >= 4 is 79.5 Å². The molecule has 0 radical (unpaired) electrons. The Labute approximate surface area is 438 Å². The van der Waals surface area contributed by atoms with Crippen molar-refractivity contribution in [1.29, 1.82) is 0 Å². The van der Waals surface area contributed by atoms with Gasteiger partial charge in [0.05, 0.1) is 64.9 Å². The van der Waals surface area contributed by atoms with Crippen molar-refractivity contribution in [1.82, 2.24) is 35.4 Å². The number of ether oxygens (including phenoxy) is 1. The molecule has 5 N–H and O–H groups in total. The predicted octanol–water partition coefficient (Wildman–Crippen LogP) is 8.56. The molecule has 0 saturated carbocycles. The summed E-state index contributed by atoms with van der Waals surface area (Å²) in [5, 5.41) is 23.4. The molecular formula is C53H69ClN10O7S2. The van der Waals surface area contributed by atoms with E-state index in [1.807, 2.05) is 70.5 Å². The second-order valence-corrected chi connectivity index (χ2v) is 23.4. The van der Waals surface area contributed by atoms with Crippen LogP contribution in [0.5, 0.6) is 5.75 Å². The number of carbonyl (C=O) groups excluding carboxylic acids is 3. The molecule has 7 rings (SSSR count). The molecule has 5 aromatic rings. The van der Waals surface area contributed by atoms with E-state index in [1.165, 1.54) is 28.0 Å². The predicted molar refractivity (Wildman–Crippen MR) is 290 cm³/mol. The van der Waals surface area contributed by atoms with Gasteiger partial charge in [0.2, 0.25) is 33.7 Å². The Morgan fingerprint density at radius 1 is 0.973 bits per heavy atom. The maximum Gasteiger partial charge on any atom is 0.246 e. The van der Waals surface area contributed by atoms with Crippen LogP contribution in [0, 0.1) is 12.3 Å². The van der Waals surface area contributed by atoms with Gasteiger partial charge in [0, 0.05) is 26.4 Å². The van der Waals surface area contributed by atoms with Crippen molar-refractivity contribution in [3.8, 4) is 16.2 Å². The highest BCUT2D eigenvalue weighted by Crippen LogP contribution is 2.37. The van der Waals surface area contributed by atoms with E-state index in [-0.39, 0.29) is 54.1 Å². The zero-order valence-electron chi connectivity index (χ0n) is 42.9. The molecule has 392 valence electrons. The minimum Gasteiger partial charge on any atom is -0.495 e. The highest BCUT2D eigenvalue weighted by atomic mass is 35.5. The lowest BCUT2D eigenvalue weighted by atomic mass is 9.85. The number of methoxy groups -OCH3 is 1. The standard InChI is InChI=1S/C53H69ClN10O7S2/c1-33(35-17-19-37(20-18-35)47-34(2)56-32-72-47)57-50(67)44-29-39(65)31-64(44)51(68)48(53(3,4)5)60-46(66)16-10-9-13-25-63-26-23-36(24-27-63)38-21-22-42(45(28-38)71-7)59-52-55-30-40(54)49(61-52)58-41-14-11-12-15-43(41)62(6)73(8,69)70/h11-12,14-15,17-22,28,30,32-33,36,39,44,48,65H,9-10,13,16,23-27,29,31H2,1-8H3,(H,57,67)(H,60,66)(H2,55,58,59,61)/t33-,39+,44-,48+/m0/s1. The van der Waals surface area contributed by atoms with E-state index >= 15 is 0 Å². The maximum atomic E-state index is 14.2. The van der Waals surface area contributed by atoms with Crippen molar-refractivity contribution in [2.24, 2.45) is 5.41 Å². The molecular weight excluding hydrogens is 988 g/mol. The zero-order valence-corrected chi connectivity index (χ0v) is 45.3. The van der Waals surface area contributed by atoms with Crippen molar-refractivity contribution in [2.45, 2.75) is 110 Å². The Morgan fingerprint density at radius 3 is 2.37 bits per heavy atom. The Kier molecular flexibility index (Phi) is 18.0. The number of unbranched alkanes of at least 4 members (excludes halogenated alkanes) is 2. The summed E-state index contributed by atoms with van der Waals surface area (Å²) in [6, 6.07) is 19.0. The number of nitrogens with one attached hydrogen (secondary N) is 4. The maximum absolute atomic E-state index is 14.2. The molecule has 3 aromatic carbocycles. The molecule has 2 aliphatic heterocycles. The van der Waals surface area contributed by atoms with Crippen LogP contribution in [0.2, 0.25) is 5.02 Å². The van der Waals surface area contributed by atoms with E-state index in [4.69, 9.17) is 16.3 Å². The second-order valence-electron chi connectivity index (χ2n) is 20.2. The van der Waals surface area contributed by atoms with Gasteiger partial charge < -0.3 is 40.9 Å². The number of carbonyl (C=O) groups is 3. The molecule has 4 atom stereocenters. The van der Waals surface area contributed by atoms with Gasteiger partial charge in [-0.05, 0) is 111 Å². The van der Waals surface area contributed by atoms with Crippen LogP contribution in [0.25, 0.3) is 10.4 Å². The lowest BCUT2D eigenvalue weighted by molar-refractivity contribution is -0.144. The molecule has 0 bridgehead atoms. The summed E-state index contributed by atoms with van der Waals surface area (Å²) in [7, 11) is -0.417. The van der Waals surface area contributed by atoms with Crippen LogP contribution in [0.1, 0.15) is 101 Å². The third-order valence-electron chi connectivity index (χ3n) is 13.7. The Bertz CT molecular complexity index is 2840. The second kappa shape index (κ2) is 24.0. The third kappa shape index (κ3) is 14.1. The number of aryl methyl sites for hydroxylation is 1. The number of aliphatic hydroxyl groups excluding tert-OH is 1. The first-order valence-corrected chi connectivity index (χ1v) is 27.9. The molecule has 2 saturated heterocycles. The Balaban J connectivity index is 0.848. The van der Waals surface area contributed by atoms with Crippen LogP contribution in [0.15, 0.2) is 78.4 Å². The Hall–Kier alpha value is -5.86. The number of halogens is 1. The van der Waals surface area contributed by atoms with Gasteiger partial charge >= 0.3 is 0 Å². The molecule has 2 fully saturated rings. The normalized spacial score (nSPS) is 17.4. The van der Waals surface area contributed by atoms with Crippen LogP contribution >= 0.6 is 22.9 Å². The average molecular weight is 1060 g/mol. The van der Waals surface area contributed by atoms with Crippen LogP contribution in [-0.2, 0) is 24.4 Å². The average Bonchev–Trinajstić information content (AvgIpc) is 3.98. The first-order valence-electron chi connectivity index (χ1n) is 24.8. The van der Waals surface area contributed by atoms with Gasteiger partial charge in [-0.1, -0.05) is 81.3 Å². The fourth-order valence-electron chi connectivity index (χ4n) is 9.40. The molecule has 0 aliphatic carbocycles. The molecule has 0 unspecified atom stereocenters. The molecule has 17 nitrogen and oxygen atoms in total. The monoisotopic (exact) mass is 1060 g/mol. The summed E-state index contributed by atoms with van der Waals surface area (Å²) in [6.45, 7) is 12.4. The fourth-order valence-corrected chi connectivity index (χ4v) is 10.9. The third-order valence-corrected chi connectivity index (χ3v) is 16.2. The number of amides is 3. The number of likely N-dealkylation sites (tertiary alicyclic amines) is 2. The number of para-hydroxylation sites is 2. The molecule has 2 aromatic heterocycles. The molecule has 73 heavy (non-hydrogen) atoms. The first kappa shape index (κ1) is 54.9. The number of hydrogen-bond donors (Lipinski definition) is 5. The van der Waals surface area contributed by atoms with E-state index in [2.05, 4.69) is 53.3 Å². The number of piperidine rings is 1. The lowest BCUT2D eigenvalue weighted by Crippen LogP contribution is -2.57. The number of sulfonamides is 1. The smallest absolute Gasteiger partial charge is 0.246 e. The van der Waals surface area contributed by atoms with Crippen LogP contribution in [0.3, 0.4) is 0 Å². The van der Waals surface area contributed by atoms with Crippen molar-refractivity contribution < 1.29 is 32.6 Å². The number of aromatic nitrogens is 3. The van der Waals surface area contributed by atoms with Crippen LogP contribution < -0.4 is 30.3 Å². The minimum absolute atomic E-state index is 0.0159. The van der Waals surface area contributed by atoms with Crippen LogP contribution in [0.4, 0.5) is 28.8 Å². The first-order chi connectivity index (χ1) is 34.7. The number of β-amino-alcohol motifs (C(OH)–C–C–N with tert-alkyl or cyclic N) is 1. The summed E-state index contributed by atoms with van der Waals surface area (Å²) in [5.74, 6) is 0.639. The largest absolute Gasteiger partial charge is 0.495 e. The highest BCUT2D eigenvalue weighted by Gasteiger charge is 2.44. The lowest BCUT2D eigenvalue weighted by Gasteiger charge is -2.35. The number of benzene rings is 3. The SMILES string of the molecule is COc1cc(C2CCN(CCCCCC(=O)N[C@H](C(=O)N3C[C@H](O)C[C@H]3C(=O)N[C@@H](C)c3ccc(-c4scnc4C)cc3)C(C)(C)C)CC2)ccc1Nc1ncc(Cl)c(Nc2ccccc2N(C)S(C)(=O)=O)n1. The quantitative estimate of drug-likeness (QED) is 0.0463. The van der Waals surface area contributed by atoms with E-state index in [0.29, 0.717) is 41.0 Å². The summed E-state index contributed by atoms with van der Waals surface area (Å²) in [5.41, 5.74) is 6.91. The Morgan fingerprint density at radius 2 is 1.70 bits per heavy atom. The molecule has 0 spiro atoms. The number of aliphatic hydroxyl groups is 1. The van der Waals surface area contributed by atoms with E-state index in [1.54, 1.807) is 42.7 Å².